The maximum absolute atomic E-state index is 2.45. The summed E-state index contributed by atoms with van der Waals surface area (Å²) in [6.07, 6.45) is 0. The number of benzene rings is 9. The molecule has 0 N–H and O–H groups in total. The van der Waals surface area contributed by atoms with Gasteiger partial charge in [0.25, 0.3) is 0 Å². The molecule has 2 heteroatoms. The van der Waals surface area contributed by atoms with Crippen molar-refractivity contribution >= 4 is 48.6 Å². The molecule has 10 aromatic rings. The Kier molecular flexibility index (Phi) is 8.20. The minimum Gasteiger partial charge on any atom is -0.310 e. The lowest BCUT2D eigenvalue weighted by Crippen LogP contribution is -2.22. The lowest BCUT2D eigenvalue weighted by atomic mass is 9.73. The highest BCUT2D eigenvalue weighted by Crippen LogP contribution is 2.55. The van der Waals surface area contributed by atoms with E-state index >= 15 is 0 Å². The number of hydrogen-bond acceptors (Lipinski definition) is 2. The quantitative estimate of drug-likeness (QED) is 0.156. The van der Waals surface area contributed by atoms with E-state index in [1.165, 1.54) is 81.4 Å². The fourth-order valence-corrected chi connectivity index (χ4v) is 10.4. The molecule has 9 aromatic carbocycles. The number of rotatable bonds is 7. The van der Waals surface area contributed by atoms with E-state index in [0.29, 0.717) is 0 Å². The van der Waals surface area contributed by atoms with Crippen molar-refractivity contribution in [2.45, 2.75) is 12.3 Å². The molecule has 0 fully saturated rings. The van der Waals surface area contributed by atoms with Crippen molar-refractivity contribution in [3.8, 4) is 44.5 Å². The summed E-state index contributed by atoms with van der Waals surface area (Å²) < 4.78 is 2.60. The summed E-state index contributed by atoms with van der Waals surface area (Å²) in [4.78, 5) is 2.45. The average Bonchev–Trinajstić information content (AvgIpc) is 3.80. The Balaban J connectivity index is 1.15. The van der Waals surface area contributed by atoms with Crippen LogP contribution in [-0.2, 0) is 5.41 Å². The van der Waals surface area contributed by atoms with Crippen LogP contribution in [0.1, 0.15) is 23.6 Å². The molecule has 274 valence electrons. The van der Waals surface area contributed by atoms with Gasteiger partial charge in [0.1, 0.15) is 0 Å². The van der Waals surface area contributed by atoms with Gasteiger partial charge in [-0.25, -0.2) is 0 Å². The molecule has 1 aromatic heterocycles. The second-order valence-corrected chi connectivity index (χ2v) is 16.5. The molecule has 0 unspecified atom stereocenters. The minimum absolute atomic E-state index is 0.307. The standard InChI is InChI=1S/C56H39NS/c1-56(50-24-13-11-22-47(50)48-23-12-14-25-51(48)56)52-26-15-27-54-55(52)49-37-45(32-33-53(49)58-54)57(44-30-28-41(29-31-44)38-16-5-2-6-17-38)46-35-42(39-18-7-3-8-19-39)34-43(36-46)40-20-9-4-10-21-40/h2-37H,1H3. The summed E-state index contributed by atoms with van der Waals surface area (Å²) in [6.45, 7) is 2.43. The second-order valence-electron chi connectivity index (χ2n) is 15.4. The van der Waals surface area contributed by atoms with Gasteiger partial charge in [-0.05, 0) is 123 Å². The van der Waals surface area contributed by atoms with Crippen molar-refractivity contribution in [2.75, 3.05) is 4.90 Å². The van der Waals surface area contributed by atoms with Gasteiger partial charge in [0.2, 0.25) is 0 Å². The summed E-state index contributed by atoms with van der Waals surface area (Å²) in [5.74, 6) is 0. The Morgan fingerprint density at radius 1 is 0.345 bits per heavy atom. The largest absolute Gasteiger partial charge is 0.310 e. The maximum Gasteiger partial charge on any atom is 0.0473 e. The summed E-state index contributed by atoms with van der Waals surface area (Å²) in [6, 6.07) is 80.2. The monoisotopic (exact) mass is 757 g/mol. The number of thiophene rings is 1. The van der Waals surface area contributed by atoms with Crippen LogP contribution in [0.2, 0.25) is 0 Å². The highest BCUT2D eigenvalue weighted by Gasteiger charge is 2.41. The van der Waals surface area contributed by atoms with Gasteiger partial charge >= 0.3 is 0 Å². The predicted molar refractivity (Wildman–Crippen MR) is 248 cm³/mol. The molecule has 1 aliphatic carbocycles. The van der Waals surface area contributed by atoms with Crippen molar-refractivity contribution in [1.29, 1.82) is 0 Å². The van der Waals surface area contributed by atoms with Gasteiger partial charge in [0, 0.05) is 42.6 Å². The Morgan fingerprint density at radius 2 is 0.828 bits per heavy atom. The van der Waals surface area contributed by atoms with E-state index in [-0.39, 0.29) is 5.41 Å². The Bertz CT molecular complexity index is 3000. The van der Waals surface area contributed by atoms with Crippen LogP contribution in [-0.4, -0.2) is 0 Å². The second kappa shape index (κ2) is 13.9. The molecule has 0 aliphatic heterocycles. The third-order valence-electron chi connectivity index (χ3n) is 12.1. The van der Waals surface area contributed by atoms with Crippen molar-refractivity contribution in [3.63, 3.8) is 0 Å². The normalized spacial score (nSPS) is 12.7. The Morgan fingerprint density at radius 3 is 1.41 bits per heavy atom. The molecule has 11 rings (SSSR count). The molecule has 0 saturated heterocycles. The molecule has 1 heterocycles. The lowest BCUT2D eigenvalue weighted by molar-refractivity contribution is 0.722. The molecule has 0 saturated carbocycles. The van der Waals surface area contributed by atoms with Crippen molar-refractivity contribution < 1.29 is 0 Å². The minimum atomic E-state index is -0.307. The van der Waals surface area contributed by atoms with Gasteiger partial charge in [0.05, 0.1) is 0 Å². The smallest absolute Gasteiger partial charge is 0.0473 e. The van der Waals surface area contributed by atoms with Crippen molar-refractivity contribution in [3.05, 3.63) is 235 Å². The Labute approximate surface area is 343 Å². The molecule has 0 atom stereocenters. The van der Waals surface area contributed by atoms with Crippen molar-refractivity contribution in [1.82, 2.24) is 0 Å². The number of anilines is 3. The highest BCUT2D eigenvalue weighted by molar-refractivity contribution is 7.25. The maximum atomic E-state index is 2.45. The van der Waals surface area contributed by atoms with Crippen LogP contribution in [0, 0.1) is 0 Å². The highest BCUT2D eigenvalue weighted by atomic mass is 32.1. The van der Waals surface area contributed by atoms with Crippen LogP contribution in [0.15, 0.2) is 218 Å². The molecule has 0 bridgehead atoms. The SMILES string of the molecule is CC1(c2cccc3sc4ccc(N(c5ccc(-c6ccccc6)cc5)c5cc(-c6ccccc6)cc(-c6ccccc6)c5)cc4c23)c2ccccc2-c2ccccc21. The van der Waals surface area contributed by atoms with Crippen LogP contribution in [0.5, 0.6) is 0 Å². The first-order chi connectivity index (χ1) is 28.6. The van der Waals surface area contributed by atoms with Gasteiger partial charge in [-0.15, -0.1) is 11.3 Å². The van der Waals surface area contributed by atoms with Crippen LogP contribution in [0.3, 0.4) is 0 Å². The molecule has 0 radical (unpaired) electrons. The first-order valence-electron chi connectivity index (χ1n) is 20.0. The zero-order chi connectivity index (χ0) is 38.6. The molecular formula is C56H39NS. The lowest BCUT2D eigenvalue weighted by Gasteiger charge is -2.29. The average molecular weight is 758 g/mol. The topological polar surface area (TPSA) is 3.24 Å². The summed E-state index contributed by atoms with van der Waals surface area (Å²) in [7, 11) is 0. The van der Waals surface area contributed by atoms with Gasteiger partial charge in [-0.2, -0.15) is 0 Å². The van der Waals surface area contributed by atoms with Crippen LogP contribution in [0.25, 0.3) is 64.7 Å². The molecule has 0 spiro atoms. The Hall–Kier alpha value is -7.00. The van der Waals surface area contributed by atoms with E-state index in [2.05, 4.69) is 230 Å². The third kappa shape index (κ3) is 5.60. The molecular weight excluding hydrogens is 719 g/mol. The van der Waals surface area contributed by atoms with E-state index < -0.39 is 0 Å². The van der Waals surface area contributed by atoms with Gasteiger partial charge in [-0.3, -0.25) is 0 Å². The van der Waals surface area contributed by atoms with E-state index in [0.717, 1.165) is 17.1 Å². The fourth-order valence-electron chi connectivity index (χ4n) is 9.33. The van der Waals surface area contributed by atoms with E-state index in [4.69, 9.17) is 0 Å². The summed E-state index contributed by atoms with van der Waals surface area (Å²) in [5.41, 5.74) is 16.9. The zero-order valence-corrected chi connectivity index (χ0v) is 33.0. The van der Waals surface area contributed by atoms with Crippen molar-refractivity contribution in [2.24, 2.45) is 0 Å². The van der Waals surface area contributed by atoms with Crippen LogP contribution < -0.4 is 4.90 Å². The van der Waals surface area contributed by atoms with E-state index in [1.807, 2.05) is 11.3 Å². The summed E-state index contributed by atoms with van der Waals surface area (Å²) >= 11 is 1.89. The fraction of sp³-hybridized carbons (Fsp3) is 0.0357. The van der Waals surface area contributed by atoms with E-state index in [1.54, 1.807) is 0 Å². The van der Waals surface area contributed by atoms with Gasteiger partial charge < -0.3 is 4.90 Å². The molecule has 1 nitrogen and oxygen atoms in total. The molecule has 1 aliphatic rings. The first-order valence-corrected chi connectivity index (χ1v) is 20.8. The number of fused-ring (bicyclic) bond motifs is 6. The zero-order valence-electron chi connectivity index (χ0n) is 32.1. The third-order valence-corrected chi connectivity index (χ3v) is 13.3. The molecule has 0 amide bonds. The van der Waals surface area contributed by atoms with Crippen LogP contribution in [0.4, 0.5) is 17.1 Å². The predicted octanol–water partition coefficient (Wildman–Crippen LogP) is 15.9. The van der Waals surface area contributed by atoms with Gasteiger partial charge in [0.15, 0.2) is 0 Å². The number of hydrogen-bond donors (Lipinski definition) is 0. The first kappa shape index (κ1) is 34.3. The van der Waals surface area contributed by atoms with E-state index in [9.17, 15) is 0 Å². The summed E-state index contributed by atoms with van der Waals surface area (Å²) in [5, 5.41) is 2.62. The number of nitrogens with zero attached hydrogens (tertiary/aromatic N) is 1. The van der Waals surface area contributed by atoms with Crippen LogP contribution >= 0.6 is 11.3 Å². The van der Waals surface area contributed by atoms with Gasteiger partial charge in [-0.1, -0.05) is 164 Å². The molecule has 58 heavy (non-hydrogen) atoms.